The van der Waals surface area contributed by atoms with Gasteiger partial charge < -0.3 is 9.13 Å². The number of benzene rings is 2. The van der Waals surface area contributed by atoms with Gasteiger partial charge in [-0.05, 0) is 79.8 Å². The lowest BCUT2D eigenvalue weighted by Crippen LogP contribution is -2.05. The fourth-order valence-corrected chi connectivity index (χ4v) is 8.00. The molecule has 8 aromatic heterocycles. The first-order valence-corrected chi connectivity index (χ1v) is 24.4. The van der Waals surface area contributed by atoms with Crippen molar-refractivity contribution in [2.75, 3.05) is 12.5 Å². The van der Waals surface area contributed by atoms with E-state index in [0.29, 0.717) is 11.3 Å². The average molecular weight is 987 g/mol. The van der Waals surface area contributed by atoms with E-state index in [1.807, 2.05) is 118 Å². The first kappa shape index (κ1) is 48.1. The lowest BCUT2D eigenvalue weighted by atomic mass is 10.1. The van der Waals surface area contributed by atoms with E-state index in [9.17, 15) is 8.42 Å². The molecule has 0 N–H and O–H groups in total. The maximum Gasteiger partial charge on any atom is 0.335 e. The number of hydrogen-bond donors (Lipinski definition) is 0. The van der Waals surface area contributed by atoms with Gasteiger partial charge in [0.2, 0.25) is 15.0 Å². The minimum absolute atomic E-state index is 0.204. The highest BCUT2D eigenvalue weighted by Gasteiger charge is 2.21. The van der Waals surface area contributed by atoms with Crippen LogP contribution in [0.2, 0.25) is 0 Å². The molecule has 0 aliphatic rings. The third kappa shape index (κ3) is 10.3. The van der Waals surface area contributed by atoms with Crippen LogP contribution in [-0.4, -0.2) is 107 Å². The van der Waals surface area contributed by atoms with Crippen molar-refractivity contribution in [2.24, 2.45) is 14.1 Å². The summed E-state index contributed by atoms with van der Waals surface area (Å²) >= 11 is 0.0359. The van der Waals surface area contributed by atoms with Crippen LogP contribution in [0, 0.1) is 13.8 Å². The summed E-state index contributed by atoms with van der Waals surface area (Å²) in [6, 6.07) is 28.0. The molecule has 0 saturated heterocycles. The summed E-state index contributed by atoms with van der Waals surface area (Å²) in [5, 5.41) is 18.4. The molecule has 0 amide bonds. The number of nitrogens with zero attached hydrogens (tertiary/aromatic N) is 14. The van der Waals surface area contributed by atoms with Gasteiger partial charge in [-0.2, -0.15) is 16.8 Å². The molecular formula is C44H38N14O6S4. The number of aromatic nitrogens is 14. The van der Waals surface area contributed by atoms with E-state index in [2.05, 4.69) is 64.5 Å². The Labute approximate surface area is 399 Å². The van der Waals surface area contributed by atoms with Crippen molar-refractivity contribution in [3.05, 3.63) is 133 Å². The lowest BCUT2D eigenvalue weighted by Gasteiger charge is -2.06. The summed E-state index contributed by atoms with van der Waals surface area (Å²) < 4.78 is 64.8. The normalized spacial score (nSPS) is 10.9. The maximum atomic E-state index is 12.1. The van der Waals surface area contributed by atoms with E-state index in [4.69, 9.17) is 31.8 Å². The summed E-state index contributed by atoms with van der Waals surface area (Å²) in [5.74, 6) is 0. The van der Waals surface area contributed by atoms with E-state index in [1.165, 1.54) is 18.0 Å². The zero-order chi connectivity index (χ0) is 48.5. The Morgan fingerprint density at radius 3 is 1.37 bits per heavy atom. The number of thioether (sulfide) groups is 1. The van der Waals surface area contributed by atoms with Crippen molar-refractivity contribution in [2.45, 2.75) is 24.2 Å². The number of aryl methyl sites for hydroxylation is 4. The van der Waals surface area contributed by atoms with E-state index in [0.717, 1.165) is 89.9 Å². The van der Waals surface area contributed by atoms with Gasteiger partial charge in [-0.1, -0.05) is 58.6 Å². The summed E-state index contributed by atoms with van der Waals surface area (Å²) in [5.41, 5.74) is 11.8. The smallest absolute Gasteiger partial charge is 0.301 e. The van der Waals surface area contributed by atoms with Gasteiger partial charge in [0, 0.05) is 78.4 Å². The van der Waals surface area contributed by atoms with Gasteiger partial charge in [0.25, 0.3) is 0 Å². The first-order chi connectivity index (χ1) is 32.8. The highest BCUT2D eigenvalue weighted by molar-refractivity contribution is 7.98. The van der Waals surface area contributed by atoms with E-state index in [-0.39, 0.29) is 5.16 Å². The number of fused-ring (bicyclic) bond motifs is 2. The molecule has 0 aliphatic heterocycles. The Balaban J connectivity index is 0.000000181. The van der Waals surface area contributed by atoms with Gasteiger partial charge in [-0.25, -0.2) is 47.7 Å². The van der Waals surface area contributed by atoms with E-state index in [1.54, 1.807) is 21.8 Å². The quantitative estimate of drug-likeness (QED) is 0.126. The molecule has 0 bridgehead atoms. The largest absolute Gasteiger partial charge is 0.335 e. The number of sulfone groups is 1. The van der Waals surface area contributed by atoms with Crippen molar-refractivity contribution < 1.29 is 25.3 Å². The fourth-order valence-electron chi connectivity index (χ4n) is 7.15. The molecule has 0 saturated carbocycles. The van der Waals surface area contributed by atoms with Crippen LogP contribution in [0.15, 0.2) is 132 Å². The number of para-hydroxylation sites is 2. The van der Waals surface area contributed by atoms with Crippen LogP contribution >= 0.6 is 11.8 Å². The van der Waals surface area contributed by atoms with Crippen LogP contribution in [0.5, 0.6) is 0 Å². The second-order valence-corrected chi connectivity index (χ2v) is 17.6. The molecule has 10 aromatic rings. The van der Waals surface area contributed by atoms with Crippen molar-refractivity contribution >= 4 is 66.8 Å². The number of hydrogen-bond acceptors (Lipinski definition) is 17. The molecule has 20 nitrogen and oxygen atoms in total. The average Bonchev–Trinajstić information content (AvgIpc) is 4.15. The Morgan fingerprint density at radius 1 is 0.544 bits per heavy atom. The van der Waals surface area contributed by atoms with Crippen LogP contribution in [0.3, 0.4) is 0 Å². The Morgan fingerprint density at radius 2 is 0.971 bits per heavy atom. The molecule has 0 aliphatic carbocycles. The standard InChI is InChI=1S/C22H19N7O2S.C22H19N7S.2O2S/c1-14-11-23-22(32(3,30)31)26-20(14)17-13-29(15-7-5-4-6-8-15)21-16(17)9-10-18(25-21)19-12-24-27-28(19)2;1-14-11-23-22(30-3)26-20(14)17-13-29(15-7-5-4-6-8-15)21-16(17)9-10-18(25-21)19-12-24-27-28(19)2;2*1-3-2/h4-13H,1-3H3;4-13H,1-3H3;;. The second-order valence-electron chi connectivity index (χ2n) is 14.6. The molecule has 8 heterocycles. The van der Waals surface area contributed by atoms with Crippen LogP contribution < -0.4 is 0 Å². The van der Waals surface area contributed by atoms with Crippen LogP contribution in [0.25, 0.3) is 78.7 Å². The highest BCUT2D eigenvalue weighted by Crippen LogP contribution is 2.36. The van der Waals surface area contributed by atoms with Gasteiger partial charge in [-0.3, -0.25) is 0 Å². The van der Waals surface area contributed by atoms with Crippen molar-refractivity contribution in [1.29, 1.82) is 0 Å². The molecule has 24 heteroatoms. The Bertz CT molecular complexity index is 3590. The fraction of sp³-hybridized carbons (Fsp3) is 0.136. The molecule has 0 spiro atoms. The van der Waals surface area contributed by atoms with Gasteiger partial charge in [0.1, 0.15) is 22.7 Å². The molecule has 0 atom stereocenters. The van der Waals surface area contributed by atoms with Gasteiger partial charge in [-0.15, -0.1) is 10.2 Å². The summed E-state index contributed by atoms with van der Waals surface area (Å²) in [6.07, 6.45) is 13.9. The molecule has 68 heavy (non-hydrogen) atoms. The van der Waals surface area contributed by atoms with Crippen molar-refractivity contribution in [3.63, 3.8) is 0 Å². The van der Waals surface area contributed by atoms with Gasteiger partial charge >= 0.3 is 23.1 Å². The van der Waals surface area contributed by atoms with Crippen molar-refractivity contribution in [3.8, 4) is 56.7 Å². The second kappa shape index (κ2) is 21.2. The zero-order valence-corrected chi connectivity index (χ0v) is 40.2. The first-order valence-electron chi connectivity index (χ1n) is 19.9. The van der Waals surface area contributed by atoms with Crippen LogP contribution in [0.1, 0.15) is 11.1 Å². The summed E-state index contributed by atoms with van der Waals surface area (Å²) in [6.45, 7) is 3.89. The lowest BCUT2D eigenvalue weighted by molar-refractivity contribution is 0.593. The maximum absolute atomic E-state index is 12.1. The minimum atomic E-state index is -3.55. The Hall–Kier alpha value is -7.80. The zero-order valence-electron chi connectivity index (χ0n) is 36.9. The third-order valence-corrected chi connectivity index (χ3v) is 11.7. The Kier molecular flexibility index (Phi) is 15.0. The molecule has 0 unspecified atom stereocenters. The molecule has 0 radical (unpaired) electrons. The predicted molar refractivity (Wildman–Crippen MR) is 256 cm³/mol. The monoisotopic (exact) mass is 986 g/mol. The van der Waals surface area contributed by atoms with E-state index >= 15 is 0 Å². The molecule has 2 aromatic carbocycles. The van der Waals surface area contributed by atoms with Gasteiger partial charge in [0.05, 0.1) is 35.2 Å². The summed E-state index contributed by atoms with van der Waals surface area (Å²) in [4.78, 5) is 27.5. The SMILES string of the molecule is CSc1ncc(C)c(-c2cn(-c3ccccc3)c3nc(-c4cnnn4C)ccc23)n1.Cc1cnc(S(C)(=O)=O)nc1-c1cn(-c2ccccc2)c2nc(-c3cnnn3C)ccc12.O=S=O.O=S=O. The topological polar surface area (TPSA) is 251 Å². The molecular weight excluding hydrogens is 949 g/mol. The molecule has 10 rings (SSSR count). The van der Waals surface area contributed by atoms with Crippen LogP contribution in [0.4, 0.5) is 0 Å². The molecule has 0 fully saturated rings. The van der Waals surface area contributed by atoms with E-state index < -0.39 is 33.0 Å². The minimum Gasteiger partial charge on any atom is -0.301 e. The third-order valence-electron chi connectivity index (χ3n) is 10.2. The van der Waals surface area contributed by atoms with Crippen LogP contribution in [-0.2, 0) is 47.1 Å². The number of rotatable bonds is 8. The summed E-state index contributed by atoms with van der Waals surface area (Å²) in [7, 11) is 0.126. The number of pyridine rings is 2. The molecule has 344 valence electrons. The van der Waals surface area contributed by atoms with Crippen molar-refractivity contribution in [1.82, 2.24) is 69.0 Å². The highest BCUT2D eigenvalue weighted by atomic mass is 32.2. The predicted octanol–water partition coefficient (Wildman–Crippen LogP) is 5.96. The van der Waals surface area contributed by atoms with Gasteiger partial charge in [0.15, 0.2) is 5.16 Å².